The Bertz CT molecular complexity index is 1400. The quantitative estimate of drug-likeness (QED) is 0.339. The Morgan fingerprint density at radius 1 is 1.24 bits per heavy atom. The van der Waals surface area contributed by atoms with Crippen molar-refractivity contribution in [2.24, 2.45) is 5.73 Å². The molecule has 0 saturated heterocycles. The monoisotopic (exact) mass is 511 g/mol. The second kappa shape index (κ2) is 10.0. The first kappa shape index (κ1) is 25.2. The first-order valence-corrected chi connectivity index (χ1v) is 11.5. The zero-order valence-corrected chi connectivity index (χ0v) is 21.8. The van der Waals surface area contributed by atoms with Gasteiger partial charge >= 0.3 is 5.97 Å². The molecule has 3 N–H and O–H groups in total. The third kappa shape index (κ3) is 4.41. The Morgan fingerprint density at radius 2 is 2.00 bits per heavy atom. The first-order valence-electron chi connectivity index (χ1n) is 10.4. The summed E-state index contributed by atoms with van der Waals surface area (Å²) in [4.78, 5) is 12.2. The average molecular weight is 512 g/mol. The molecular formula is C23H19ClF2N4NaO2S. The number of carbonyl (C=O) groups is 1. The van der Waals surface area contributed by atoms with Crippen LogP contribution >= 0.6 is 23.4 Å². The number of aromatic carboxylic acids is 1. The molecular weight excluding hydrogens is 493 g/mol. The summed E-state index contributed by atoms with van der Waals surface area (Å²) in [6.45, 7) is 0.916. The third-order valence-corrected chi connectivity index (χ3v) is 7.08. The van der Waals surface area contributed by atoms with Crippen molar-refractivity contribution in [1.82, 2.24) is 14.3 Å². The van der Waals surface area contributed by atoms with Gasteiger partial charge in [0.05, 0.1) is 34.5 Å². The van der Waals surface area contributed by atoms with Gasteiger partial charge in [-0.25, -0.2) is 13.6 Å². The van der Waals surface area contributed by atoms with Gasteiger partial charge in [0, 0.05) is 69.1 Å². The van der Waals surface area contributed by atoms with Crippen LogP contribution in [-0.2, 0) is 6.54 Å². The minimum atomic E-state index is -1.34. The van der Waals surface area contributed by atoms with Crippen LogP contribution < -0.4 is 5.73 Å². The summed E-state index contributed by atoms with van der Waals surface area (Å²) in [7, 11) is 0. The number of carboxylic acid groups (broad SMARTS) is 1. The number of carboxylic acids is 1. The van der Waals surface area contributed by atoms with Gasteiger partial charge in [-0.3, -0.25) is 4.68 Å². The average Bonchev–Trinajstić information content (AvgIpc) is 3.43. The number of nitrogens with zero attached hydrogens (tertiary/aromatic N) is 3. The predicted molar refractivity (Wildman–Crippen MR) is 128 cm³/mol. The molecule has 0 atom stereocenters. The number of halogens is 3. The van der Waals surface area contributed by atoms with Gasteiger partial charge in [-0.15, -0.1) is 0 Å². The number of nitrogens with two attached hydrogens (primary N) is 1. The van der Waals surface area contributed by atoms with E-state index in [1.54, 1.807) is 27.7 Å². The maximum atomic E-state index is 15.4. The summed E-state index contributed by atoms with van der Waals surface area (Å²) in [5.41, 5.74) is 7.01. The van der Waals surface area contributed by atoms with Crippen LogP contribution in [0.25, 0.3) is 16.6 Å². The molecule has 34 heavy (non-hydrogen) atoms. The van der Waals surface area contributed by atoms with Gasteiger partial charge in [0.15, 0.2) is 11.6 Å². The minimum Gasteiger partial charge on any atom is -0.478 e. The number of fused-ring (bicyclic) bond motifs is 1. The zero-order valence-electron chi connectivity index (χ0n) is 18.3. The summed E-state index contributed by atoms with van der Waals surface area (Å²) in [6, 6.07) is 7.44. The maximum absolute atomic E-state index is 15.4. The van der Waals surface area contributed by atoms with Gasteiger partial charge < -0.3 is 15.4 Å². The predicted octanol–water partition coefficient (Wildman–Crippen LogP) is 5.06. The summed E-state index contributed by atoms with van der Waals surface area (Å²) in [5.74, 6) is -2.58. The number of rotatable bonds is 7. The smallest absolute Gasteiger partial charge is 0.338 e. The van der Waals surface area contributed by atoms with E-state index < -0.39 is 23.2 Å². The molecule has 171 valence electrons. The van der Waals surface area contributed by atoms with Crippen LogP contribution in [0.15, 0.2) is 52.5 Å². The van der Waals surface area contributed by atoms with Crippen LogP contribution in [0.2, 0.25) is 5.02 Å². The number of hydrogen-bond acceptors (Lipinski definition) is 4. The molecule has 0 amide bonds. The van der Waals surface area contributed by atoms with Crippen molar-refractivity contribution in [2.75, 3.05) is 6.54 Å². The molecule has 1 aliphatic rings. The molecule has 0 unspecified atom stereocenters. The molecule has 1 fully saturated rings. The van der Waals surface area contributed by atoms with Crippen molar-refractivity contribution in [3.05, 3.63) is 70.6 Å². The Morgan fingerprint density at radius 3 is 2.68 bits per heavy atom. The Kier molecular flexibility index (Phi) is 7.42. The second-order valence-electron chi connectivity index (χ2n) is 7.86. The molecule has 2 aromatic heterocycles. The summed E-state index contributed by atoms with van der Waals surface area (Å²) < 4.78 is 33.9. The fourth-order valence-corrected chi connectivity index (χ4v) is 5.35. The van der Waals surface area contributed by atoms with E-state index in [2.05, 4.69) is 5.10 Å². The maximum Gasteiger partial charge on any atom is 0.338 e. The van der Waals surface area contributed by atoms with E-state index in [-0.39, 0.29) is 50.9 Å². The fourth-order valence-electron chi connectivity index (χ4n) is 3.99. The van der Waals surface area contributed by atoms with E-state index in [0.29, 0.717) is 29.1 Å². The number of benzene rings is 2. The Hall–Kier alpha value is -1.88. The van der Waals surface area contributed by atoms with Crippen molar-refractivity contribution >= 4 is 69.8 Å². The fraction of sp³-hybridized carbons (Fsp3) is 0.217. The molecule has 6 nitrogen and oxygen atoms in total. The van der Waals surface area contributed by atoms with Crippen LogP contribution in [0.1, 0.15) is 34.8 Å². The van der Waals surface area contributed by atoms with Crippen molar-refractivity contribution in [3.63, 3.8) is 0 Å². The topological polar surface area (TPSA) is 86.1 Å². The second-order valence-corrected chi connectivity index (χ2v) is 9.32. The molecule has 1 radical (unpaired) electrons. The van der Waals surface area contributed by atoms with E-state index in [1.165, 1.54) is 24.3 Å². The van der Waals surface area contributed by atoms with E-state index in [4.69, 9.17) is 17.3 Å². The number of hydrogen-bond donors (Lipinski definition) is 2. The standard InChI is InChI=1S/C23H19ClF2N4O2S.Na/c24-16-7-6-15-21(19(16)26)30(13-10-28-29(11-13)9-8-27)20(12-4-5-12)22(15)33-17-3-1-2-14(18(17)25)23(31)32;/h1-3,6-7,10-12H,4-5,8-9,27H2,(H,31,32);. The van der Waals surface area contributed by atoms with Gasteiger partial charge in [-0.05, 0) is 37.1 Å². The molecule has 1 saturated carbocycles. The molecule has 4 aromatic rings. The molecule has 0 aliphatic heterocycles. The summed E-state index contributed by atoms with van der Waals surface area (Å²) in [5, 5.41) is 14.2. The normalized spacial score (nSPS) is 13.3. The summed E-state index contributed by atoms with van der Waals surface area (Å²) >= 11 is 7.24. The molecule has 0 bridgehead atoms. The Balaban J connectivity index is 0.00000274. The number of aromatic nitrogens is 3. The van der Waals surface area contributed by atoms with E-state index in [0.717, 1.165) is 30.3 Å². The molecule has 2 aromatic carbocycles. The largest absolute Gasteiger partial charge is 0.478 e. The van der Waals surface area contributed by atoms with Crippen LogP contribution in [-0.4, -0.2) is 61.5 Å². The van der Waals surface area contributed by atoms with Crippen LogP contribution in [0, 0.1) is 11.6 Å². The third-order valence-electron chi connectivity index (χ3n) is 5.62. The van der Waals surface area contributed by atoms with Gasteiger partial charge in [0.2, 0.25) is 0 Å². The van der Waals surface area contributed by atoms with E-state index in [9.17, 15) is 14.3 Å². The van der Waals surface area contributed by atoms with Crippen LogP contribution in [0.3, 0.4) is 0 Å². The van der Waals surface area contributed by atoms with Crippen molar-refractivity contribution < 1.29 is 18.7 Å². The molecule has 1 aliphatic carbocycles. The van der Waals surface area contributed by atoms with Crippen molar-refractivity contribution in [1.29, 1.82) is 0 Å². The van der Waals surface area contributed by atoms with E-state index in [1.807, 2.05) is 0 Å². The van der Waals surface area contributed by atoms with Crippen LogP contribution in [0.4, 0.5) is 8.78 Å². The zero-order chi connectivity index (χ0) is 23.3. The molecule has 2 heterocycles. The van der Waals surface area contributed by atoms with E-state index >= 15 is 4.39 Å². The molecule has 0 spiro atoms. The van der Waals surface area contributed by atoms with Crippen molar-refractivity contribution in [2.45, 2.75) is 35.1 Å². The first-order chi connectivity index (χ1) is 15.9. The van der Waals surface area contributed by atoms with Crippen LogP contribution in [0.5, 0.6) is 0 Å². The van der Waals surface area contributed by atoms with Gasteiger partial charge in [-0.1, -0.05) is 29.4 Å². The van der Waals surface area contributed by atoms with Crippen molar-refractivity contribution in [3.8, 4) is 5.69 Å². The summed E-state index contributed by atoms with van der Waals surface area (Å²) in [6.07, 6.45) is 5.25. The minimum absolute atomic E-state index is 0. The molecule has 11 heteroatoms. The molecule has 5 rings (SSSR count). The van der Waals surface area contributed by atoms with Gasteiger partial charge in [0.1, 0.15) is 0 Å². The van der Waals surface area contributed by atoms with Gasteiger partial charge in [0.25, 0.3) is 0 Å². The van der Waals surface area contributed by atoms with Gasteiger partial charge in [-0.2, -0.15) is 5.10 Å². The SMILES string of the molecule is NCCn1cc(-n2c(C3CC3)c(Sc3cccc(C(=O)O)c3F)c3ccc(Cl)c(F)c32)cn1.[Na]. The Labute approximate surface area is 225 Å².